The van der Waals surface area contributed by atoms with Crippen LogP contribution >= 0.6 is 24.0 Å². The molecular weight excluding hydrogens is 510 g/mol. The van der Waals surface area contributed by atoms with E-state index in [1.165, 1.54) is 6.07 Å². The summed E-state index contributed by atoms with van der Waals surface area (Å²) in [4.78, 5) is 16.1. The van der Waals surface area contributed by atoms with Gasteiger partial charge in [0.05, 0.1) is 11.5 Å². The number of sulfone groups is 1. The summed E-state index contributed by atoms with van der Waals surface area (Å²) in [6, 6.07) is 6.56. The van der Waals surface area contributed by atoms with E-state index in [4.69, 9.17) is 0 Å². The SMILES string of the molecule is CN=C(NCCC(=O)NC1CCS(=O)(=O)C1)NCC1(c2ccccc2F)CC1.I. The van der Waals surface area contributed by atoms with Crippen molar-refractivity contribution in [3.63, 3.8) is 0 Å². The van der Waals surface area contributed by atoms with Crippen molar-refractivity contribution >= 4 is 45.7 Å². The molecule has 1 amide bonds. The second kappa shape index (κ2) is 10.1. The highest BCUT2D eigenvalue weighted by Crippen LogP contribution is 2.48. The molecule has 0 spiro atoms. The average molecular weight is 538 g/mol. The number of carbonyl (C=O) groups is 1. The summed E-state index contributed by atoms with van der Waals surface area (Å²) in [6.45, 7) is 0.942. The Kier molecular flexibility index (Phi) is 8.27. The van der Waals surface area contributed by atoms with Crippen LogP contribution in [0.3, 0.4) is 0 Å². The summed E-state index contributed by atoms with van der Waals surface area (Å²) in [5.74, 6) is 0.341. The Morgan fingerprint density at radius 3 is 2.59 bits per heavy atom. The van der Waals surface area contributed by atoms with E-state index in [9.17, 15) is 17.6 Å². The van der Waals surface area contributed by atoms with Gasteiger partial charge in [-0.05, 0) is 30.9 Å². The molecule has 1 aliphatic carbocycles. The quantitative estimate of drug-likeness (QED) is 0.277. The van der Waals surface area contributed by atoms with Gasteiger partial charge < -0.3 is 16.0 Å². The average Bonchev–Trinajstić information content (AvgIpc) is 3.36. The standard InChI is InChI=1S/C19H27FN4O3S.HI/c1-21-18(22-10-6-17(25)24-14-7-11-28(26,27)12-14)23-13-19(8-9-19)15-4-2-3-5-16(15)20;/h2-5,14H,6-13H2,1H3,(H,24,25)(H2,21,22,23);1H. The summed E-state index contributed by atoms with van der Waals surface area (Å²) in [7, 11) is -1.37. The summed E-state index contributed by atoms with van der Waals surface area (Å²) in [5.41, 5.74) is 0.526. The molecule has 10 heteroatoms. The van der Waals surface area contributed by atoms with Gasteiger partial charge >= 0.3 is 0 Å². The number of nitrogens with one attached hydrogen (secondary N) is 3. The third kappa shape index (κ3) is 6.53. The minimum atomic E-state index is -3.01. The molecule has 0 bridgehead atoms. The Bertz CT molecular complexity index is 859. The molecule has 162 valence electrons. The molecule has 0 aromatic heterocycles. The zero-order valence-electron chi connectivity index (χ0n) is 16.4. The molecule has 2 aliphatic rings. The lowest BCUT2D eigenvalue weighted by Crippen LogP contribution is -2.43. The predicted octanol–water partition coefficient (Wildman–Crippen LogP) is 1.33. The Hall–Kier alpha value is -1.43. The molecule has 1 saturated carbocycles. The van der Waals surface area contributed by atoms with Crippen LogP contribution in [0, 0.1) is 5.82 Å². The smallest absolute Gasteiger partial charge is 0.222 e. The van der Waals surface area contributed by atoms with Crippen molar-refractivity contribution < 1.29 is 17.6 Å². The highest BCUT2D eigenvalue weighted by molar-refractivity contribution is 14.0. The number of amides is 1. The topological polar surface area (TPSA) is 99.7 Å². The van der Waals surface area contributed by atoms with Gasteiger partial charge in [0.25, 0.3) is 0 Å². The van der Waals surface area contributed by atoms with Gasteiger partial charge in [-0.3, -0.25) is 9.79 Å². The fourth-order valence-electron chi connectivity index (χ4n) is 3.56. The van der Waals surface area contributed by atoms with Crippen molar-refractivity contribution in [3.8, 4) is 0 Å². The number of rotatable bonds is 7. The van der Waals surface area contributed by atoms with E-state index in [0.717, 1.165) is 18.4 Å². The van der Waals surface area contributed by atoms with Crippen molar-refractivity contribution in [1.82, 2.24) is 16.0 Å². The molecule has 3 N–H and O–H groups in total. The van der Waals surface area contributed by atoms with Crippen LogP contribution in [0.1, 0.15) is 31.2 Å². The van der Waals surface area contributed by atoms with Crippen LogP contribution in [0.4, 0.5) is 4.39 Å². The molecule has 1 aromatic rings. The van der Waals surface area contributed by atoms with E-state index in [1.54, 1.807) is 13.1 Å². The third-order valence-electron chi connectivity index (χ3n) is 5.36. The molecule has 1 unspecified atom stereocenters. The van der Waals surface area contributed by atoms with Crippen LogP contribution in [0.5, 0.6) is 0 Å². The second-order valence-corrected chi connectivity index (χ2v) is 9.76. The first kappa shape index (κ1) is 23.8. The Morgan fingerprint density at radius 1 is 1.28 bits per heavy atom. The van der Waals surface area contributed by atoms with E-state index in [-0.39, 0.29) is 65.1 Å². The van der Waals surface area contributed by atoms with Gasteiger partial charge in [-0.15, -0.1) is 24.0 Å². The Labute approximate surface area is 188 Å². The number of benzene rings is 1. The number of halogens is 2. The first-order valence-electron chi connectivity index (χ1n) is 9.53. The summed E-state index contributed by atoms with van der Waals surface area (Å²) in [5, 5.41) is 9.05. The lowest BCUT2D eigenvalue weighted by atomic mass is 9.95. The zero-order chi connectivity index (χ0) is 20.2. The lowest BCUT2D eigenvalue weighted by molar-refractivity contribution is -0.121. The number of carbonyl (C=O) groups excluding carboxylic acids is 1. The maximum absolute atomic E-state index is 14.1. The first-order valence-corrected chi connectivity index (χ1v) is 11.3. The molecule has 29 heavy (non-hydrogen) atoms. The van der Waals surface area contributed by atoms with Gasteiger partial charge in [0.2, 0.25) is 5.91 Å². The molecular formula is C19H28FIN4O3S. The molecule has 1 aliphatic heterocycles. The number of guanidine groups is 1. The molecule has 1 saturated heterocycles. The molecule has 7 nitrogen and oxygen atoms in total. The number of aliphatic imine (C=N–C) groups is 1. The van der Waals surface area contributed by atoms with Crippen LogP contribution in [0.15, 0.2) is 29.3 Å². The monoisotopic (exact) mass is 538 g/mol. The van der Waals surface area contributed by atoms with Gasteiger partial charge in [-0.2, -0.15) is 0 Å². The highest BCUT2D eigenvalue weighted by Gasteiger charge is 2.45. The maximum Gasteiger partial charge on any atom is 0.222 e. The summed E-state index contributed by atoms with van der Waals surface area (Å²) >= 11 is 0. The Morgan fingerprint density at radius 2 is 2.00 bits per heavy atom. The summed E-state index contributed by atoms with van der Waals surface area (Å²) in [6.07, 6.45) is 2.54. The van der Waals surface area contributed by atoms with Crippen molar-refractivity contribution in [2.24, 2.45) is 4.99 Å². The minimum Gasteiger partial charge on any atom is -0.356 e. The van der Waals surface area contributed by atoms with Crippen LogP contribution in [0.25, 0.3) is 0 Å². The number of hydrogen-bond acceptors (Lipinski definition) is 4. The molecule has 1 heterocycles. The van der Waals surface area contributed by atoms with Crippen molar-refractivity contribution in [2.45, 2.75) is 37.1 Å². The Balaban J connectivity index is 0.00000300. The van der Waals surface area contributed by atoms with Crippen LogP contribution in [0.2, 0.25) is 0 Å². The van der Waals surface area contributed by atoms with E-state index >= 15 is 0 Å². The molecule has 1 aromatic carbocycles. The molecule has 0 radical (unpaired) electrons. The number of hydrogen-bond donors (Lipinski definition) is 3. The van der Waals surface area contributed by atoms with Crippen LogP contribution in [-0.4, -0.2) is 58.0 Å². The fourth-order valence-corrected chi connectivity index (χ4v) is 5.23. The van der Waals surface area contributed by atoms with Crippen LogP contribution < -0.4 is 16.0 Å². The van der Waals surface area contributed by atoms with E-state index in [0.29, 0.717) is 25.5 Å². The lowest BCUT2D eigenvalue weighted by Gasteiger charge is -2.19. The molecule has 2 fully saturated rings. The second-order valence-electron chi connectivity index (χ2n) is 7.53. The maximum atomic E-state index is 14.1. The van der Waals surface area contributed by atoms with Gasteiger partial charge in [-0.25, -0.2) is 12.8 Å². The zero-order valence-corrected chi connectivity index (χ0v) is 19.6. The van der Waals surface area contributed by atoms with Crippen molar-refractivity contribution in [1.29, 1.82) is 0 Å². The third-order valence-corrected chi connectivity index (χ3v) is 7.13. The van der Waals surface area contributed by atoms with Crippen molar-refractivity contribution in [3.05, 3.63) is 35.6 Å². The van der Waals surface area contributed by atoms with Gasteiger partial charge in [0.15, 0.2) is 15.8 Å². The summed E-state index contributed by atoms with van der Waals surface area (Å²) < 4.78 is 37.0. The van der Waals surface area contributed by atoms with E-state index < -0.39 is 9.84 Å². The highest BCUT2D eigenvalue weighted by atomic mass is 127. The minimum absolute atomic E-state index is 0. The normalized spacial score (nSPS) is 21.7. The molecule has 1 atom stereocenters. The van der Waals surface area contributed by atoms with Crippen LogP contribution in [-0.2, 0) is 20.0 Å². The van der Waals surface area contributed by atoms with E-state index in [1.807, 2.05) is 12.1 Å². The first-order chi connectivity index (χ1) is 13.3. The van der Waals surface area contributed by atoms with Gasteiger partial charge in [0.1, 0.15) is 5.82 Å². The number of nitrogens with zero attached hydrogens (tertiary/aromatic N) is 1. The molecule has 3 rings (SSSR count). The van der Waals surface area contributed by atoms with Gasteiger partial charge in [-0.1, -0.05) is 18.2 Å². The largest absolute Gasteiger partial charge is 0.356 e. The van der Waals surface area contributed by atoms with E-state index in [2.05, 4.69) is 20.9 Å². The van der Waals surface area contributed by atoms with Gasteiger partial charge in [0, 0.05) is 38.0 Å². The predicted molar refractivity (Wildman–Crippen MR) is 122 cm³/mol. The fraction of sp³-hybridized carbons (Fsp3) is 0.579. The van der Waals surface area contributed by atoms with Crippen molar-refractivity contribution in [2.75, 3.05) is 31.6 Å².